The molecule has 1 unspecified atom stereocenters. The topological polar surface area (TPSA) is 56.6 Å². The lowest BCUT2D eigenvalue weighted by atomic mass is 10.1. The maximum Gasteiger partial charge on any atom is 0.270 e. The summed E-state index contributed by atoms with van der Waals surface area (Å²) in [6, 6.07) is 7.89. The molecule has 1 saturated carbocycles. The summed E-state index contributed by atoms with van der Waals surface area (Å²) in [7, 11) is 1.91. The van der Waals surface area contributed by atoms with E-state index in [0.29, 0.717) is 32.3 Å². The number of aromatic nitrogens is 2. The lowest BCUT2D eigenvalue weighted by molar-refractivity contribution is -0.0453. The summed E-state index contributed by atoms with van der Waals surface area (Å²) in [6.07, 6.45) is 7.50. The number of morpholine rings is 1. The van der Waals surface area contributed by atoms with Gasteiger partial charge in [0, 0.05) is 32.2 Å². The van der Waals surface area contributed by atoms with E-state index in [4.69, 9.17) is 9.47 Å². The van der Waals surface area contributed by atoms with Gasteiger partial charge < -0.3 is 18.9 Å². The second-order valence-corrected chi connectivity index (χ2v) is 7.19. The van der Waals surface area contributed by atoms with Gasteiger partial charge in [0.05, 0.1) is 32.0 Å². The highest BCUT2D eigenvalue weighted by atomic mass is 16.5. The van der Waals surface area contributed by atoms with E-state index < -0.39 is 0 Å². The third kappa shape index (κ3) is 3.52. The number of rotatable bonds is 5. The highest BCUT2D eigenvalue weighted by molar-refractivity contribution is 5.93. The van der Waals surface area contributed by atoms with E-state index in [0.717, 1.165) is 24.1 Å². The van der Waals surface area contributed by atoms with Gasteiger partial charge >= 0.3 is 0 Å². The number of amides is 1. The Hall–Kier alpha value is -2.18. The molecule has 1 aliphatic heterocycles. The standard InChI is InChI=1S/C20H25N3O3/c1-22-8-2-3-17(22)20(24)23-9-10-26-19-12-16(11-18(19)23)14-25-13-15-4-6-21-7-5-15/h2-8,16,18-19H,9-14H2,1H3/t16?,18-,19-/m1/s1. The summed E-state index contributed by atoms with van der Waals surface area (Å²) in [6.45, 7) is 2.57. The summed E-state index contributed by atoms with van der Waals surface area (Å²) < 4.78 is 13.8. The number of carbonyl (C=O) groups excluding carboxylic acids is 1. The molecule has 6 nitrogen and oxygen atoms in total. The second kappa shape index (κ2) is 7.60. The van der Waals surface area contributed by atoms with E-state index in [1.807, 2.05) is 47.0 Å². The molecule has 0 aromatic carbocycles. The van der Waals surface area contributed by atoms with Crippen LogP contribution in [0.1, 0.15) is 28.9 Å². The normalized spacial score (nSPS) is 25.3. The van der Waals surface area contributed by atoms with Crippen LogP contribution in [0.5, 0.6) is 0 Å². The molecule has 1 saturated heterocycles. The fraction of sp³-hybridized carbons (Fsp3) is 0.500. The Balaban J connectivity index is 1.35. The third-order valence-electron chi connectivity index (χ3n) is 5.43. The average Bonchev–Trinajstić information content (AvgIpc) is 3.27. The molecule has 2 aliphatic rings. The molecule has 2 fully saturated rings. The monoisotopic (exact) mass is 355 g/mol. The van der Waals surface area contributed by atoms with Gasteiger partial charge in [0.1, 0.15) is 5.69 Å². The Bertz CT molecular complexity index is 746. The maximum absolute atomic E-state index is 12.9. The zero-order valence-electron chi connectivity index (χ0n) is 15.1. The lowest BCUT2D eigenvalue weighted by Gasteiger charge is -2.37. The summed E-state index contributed by atoms with van der Waals surface area (Å²) in [5.74, 6) is 0.530. The lowest BCUT2D eigenvalue weighted by Crippen LogP contribution is -2.51. The molecule has 4 rings (SSSR count). The molecule has 3 atom stereocenters. The fourth-order valence-corrected chi connectivity index (χ4v) is 4.09. The van der Waals surface area contributed by atoms with Gasteiger partial charge in [-0.1, -0.05) is 0 Å². The molecule has 1 aliphatic carbocycles. The third-order valence-corrected chi connectivity index (χ3v) is 5.43. The fourth-order valence-electron chi connectivity index (χ4n) is 4.09. The van der Waals surface area contributed by atoms with Crippen molar-refractivity contribution in [3.63, 3.8) is 0 Å². The van der Waals surface area contributed by atoms with Gasteiger partial charge in [-0.15, -0.1) is 0 Å². The van der Waals surface area contributed by atoms with Crippen molar-refractivity contribution < 1.29 is 14.3 Å². The molecular weight excluding hydrogens is 330 g/mol. The van der Waals surface area contributed by atoms with Gasteiger partial charge in [-0.2, -0.15) is 0 Å². The Morgan fingerprint density at radius 1 is 1.31 bits per heavy atom. The van der Waals surface area contributed by atoms with E-state index >= 15 is 0 Å². The predicted octanol–water partition coefficient (Wildman–Crippen LogP) is 2.26. The average molecular weight is 355 g/mol. The molecule has 0 N–H and O–H groups in total. The van der Waals surface area contributed by atoms with Crippen LogP contribution in [0.3, 0.4) is 0 Å². The number of ether oxygens (including phenoxy) is 2. The summed E-state index contributed by atoms with van der Waals surface area (Å²) in [5, 5.41) is 0. The molecule has 1 amide bonds. The van der Waals surface area contributed by atoms with Crippen LogP contribution in [-0.2, 0) is 23.1 Å². The maximum atomic E-state index is 12.9. The molecule has 0 bridgehead atoms. The molecular formula is C20H25N3O3. The van der Waals surface area contributed by atoms with Gasteiger partial charge in [0.25, 0.3) is 5.91 Å². The minimum atomic E-state index is 0.106. The van der Waals surface area contributed by atoms with Gasteiger partial charge in [0.15, 0.2) is 0 Å². The van der Waals surface area contributed by atoms with Gasteiger partial charge in [-0.25, -0.2) is 0 Å². The number of carbonyl (C=O) groups is 1. The summed E-state index contributed by atoms with van der Waals surface area (Å²) in [4.78, 5) is 19.0. The summed E-state index contributed by atoms with van der Waals surface area (Å²) in [5.41, 5.74) is 1.87. The molecule has 0 spiro atoms. The first-order valence-electron chi connectivity index (χ1n) is 9.23. The van der Waals surface area contributed by atoms with Crippen LogP contribution >= 0.6 is 0 Å². The minimum absolute atomic E-state index is 0.106. The van der Waals surface area contributed by atoms with Gasteiger partial charge in [0.2, 0.25) is 0 Å². The van der Waals surface area contributed by atoms with Crippen LogP contribution in [-0.4, -0.2) is 52.3 Å². The van der Waals surface area contributed by atoms with E-state index in [1.54, 1.807) is 12.4 Å². The highest BCUT2D eigenvalue weighted by Crippen LogP contribution is 2.35. The molecule has 26 heavy (non-hydrogen) atoms. The van der Waals surface area contributed by atoms with Crippen LogP contribution in [0.25, 0.3) is 0 Å². The molecule has 2 aromatic heterocycles. The molecule has 3 heterocycles. The largest absolute Gasteiger partial charge is 0.376 e. The van der Waals surface area contributed by atoms with Gasteiger partial charge in [-0.05, 0) is 48.6 Å². The van der Waals surface area contributed by atoms with Crippen LogP contribution in [0.4, 0.5) is 0 Å². The first-order chi connectivity index (χ1) is 12.7. The summed E-state index contributed by atoms with van der Waals surface area (Å²) >= 11 is 0. The molecule has 6 heteroatoms. The van der Waals surface area contributed by atoms with Crippen LogP contribution in [0, 0.1) is 5.92 Å². The number of fused-ring (bicyclic) bond motifs is 1. The van der Waals surface area contributed by atoms with E-state index in [2.05, 4.69) is 4.98 Å². The molecule has 2 aromatic rings. The number of hydrogen-bond acceptors (Lipinski definition) is 4. The smallest absolute Gasteiger partial charge is 0.270 e. The van der Waals surface area contributed by atoms with Crippen LogP contribution in [0.2, 0.25) is 0 Å². The first-order valence-corrected chi connectivity index (χ1v) is 9.23. The SMILES string of the molecule is Cn1cccc1C(=O)N1CCO[C@@H]2CC(COCc3ccncc3)C[C@H]21. The minimum Gasteiger partial charge on any atom is -0.376 e. The van der Waals surface area contributed by atoms with Crippen molar-refractivity contribution in [1.29, 1.82) is 0 Å². The van der Waals surface area contributed by atoms with Crippen molar-refractivity contribution in [2.24, 2.45) is 13.0 Å². The van der Waals surface area contributed by atoms with Gasteiger partial charge in [-0.3, -0.25) is 9.78 Å². The second-order valence-electron chi connectivity index (χ2n) is 7.19. The Labute approximate surface area is 153 Å². The highest BCUT2D eigenvalue weighted by Gasteiger charge is 2.43. The van der Waals surface area contributed by atoms with Crippen molar-refractivity contribution in [1.82, 2.24) is 14.5 Å². The number of pyridine rings is 1. The van der Waals surface area contributed by atoms with Crippen LogP contribution < -0.4 is 0 Å². The Morgan fingerprint density at radius 2 is 2.15 bits per heavy atom. The first kappa shape index (κ1) is 17.2. The number of hydrogen-bond donors (Lipinski definition) is 0. The van der Waals surface area contributed by atoms with Crippen molar-refractivity contribution >= 4 is 5.91 Å². The van der Waals surface area contributed by atoms with E-state index in [9.17, 15) is 4.79 Å². The van der Waals surface area contributed by atoms with E-state index in [-0.39, 0.29) is 18.1 Å². The Kier molecular flexibility index (Phi) is 5.04. The van der Waals surface area contributed by atoms with Crippen molar-refractivity contribution in [3.05, 3.63) is 54.1 Å². The Morgan fingerprint density at radius 3 is 2.92 bits per heavy atom. The predicted molar refractivity (Wildman–Crippen MR) is 96.6 cm³/mol. The zero-order chi connectivity index (χ0) is 17.9. The van der Waals surface area contributed by atoms with E-state index in [1.165, 1.54) is 0 Å². The zero-order valence-corrected chi connectivity index (χ0v) is 15.1. The number of nitrogens with zero attached hydrogens (tertiary/aromatic N) is 3. The molecule has 138 valence electrons. The van der Waals surface area contributed by atoms with Crippen molar-refractivity contribution in [2.75, 3.05) is 19.8 Å². The molecule has 0 radical (unpaired) electrons. The quantitative estimate of drug-likeness (QED) is 0.826. The van der Waals surface area contributed by atoms with Crippen molar-refractivity contribution in [3.8, 4) is 0 Å². The van der Waals surface area contributed by atoms with Crippen LogP contribution in [0.15, 0.2) is 42.9 Å². The van der Waals surface area contributed by atoms with Crippen molar-refractivity contribution in [2.45, 2.75) is 31.6 Å². The number of aryl methyl sites for hydroxylation is 1.